The molecule has 0 bridgehead atoms. The van der Waals surface area contributed by atoms with Crippen LogP contribution in [-0.2, 0) is 13.0 Å². The van der Waals surface area contributed by atoms with E-state index in [0.29, 0.717) is 11.5 Å². The van der Waals surface area contributed by atoms with Gasteiger partial charge in [-0.1, -0.05) is 25.2 Å². The lowest BCUT2D eigenvalue weighted by atomic mass is 10.1. The molecule has 3 N–H and O–H groups in total. The minimum absolute atomic E-state index is 0.358. The molecule has 0 saturated heterocycles. The molecule has 0 spiro atoms. The Bertz CT molecular complexity index is 566. The SMILES string of the molecule is CCc1cccnc1CNc1ccc(C(N)=S)cn1. The molecule has 2 aromatic rings. The summed E-state index contributed by atoms with van der Waals surface area (Å²) in [5.41, 5.74) is 8.59. The average molecular weight is 272 g/mol. The summed E-state index contributed by atoms with van der Waals surface area (Å²) in [5, 5.41) is 3.24. The van der Waals surface area contributed by atoms with Crippen LogP contribution < -0.4 is 11.1 Å². The van der Waals surface area contributed by atoms with E-state index in [4.69, 9.17) is 18.0 Å². The van der Waals surface area contributed by atoms with Crippen molar-refractivity contribution in [3.8, 4) is 0 Å². The lowest BCUT2D eigenvalue weighted by Crippen LogP contribution is -2.10. The van der Waals surface area contributed by atoms with Crippen LogP contribution in [0.25, 0.3) is 0 Å². The van der Waals surface area contributed by atoms with Gasteiger partial charge < -0.3 is 11.1 Å². The predicted molar refractivity (Wildman–Crippen MR) is 81.1 cm³/mol. The number of hydrogen-bond acceptors (Lipinski definition) is 4. The molecule has 4 nitrogen and oxygen atoms in total. The molecule has 5 heteroatoms. The summed E-state index contributed by atoms with van der Waals surface area (Å²) < 4.78 is 0. The van der Waals surface area contributed by atoms with E-state index in [-0.39, 0.29) is 0 Å². The normalized spacial score (nSPS) is 10.2. The van der Waals surface area contributed by atoms with Crippen molar-refractivity contribution in [2.45, 2.75) is 19.9 Å². The Morgan fingerprint density at radius 2 is 2.16 bits per heavy atom. The van der Waals surface area contributed by atoms with Crippen LogP contribution in [0.2, 0.25) is 0 Å². The number of hydrogen-bond donors (Lipinski definition) is 2. The topological polar surface area (TPSA) is 63.8 Å². The summed E-state index contributed by atoms with van der Waals surface area (Å²) in [5.74, 6) is 0.785. The molecule has 19 heavy (non-hydrogen) atoms. The smallest absolute Gasteiger partial charge is 0.126 e. The zero-order valence-corrected chi connectivity index (χ0v) is 11.6. The lowest BCUT2D eigenvalue weighted by molar-refractivity contribution is 0.964. The molecule has 0 saturated carbocycles. The summed E-state index contributed by atoms with van der Waals surface area (Å²) in [6.45, 7) is 2.78. The van der Waals surface area contributed by atoms with Crippen molar-refractivity contribution in [1.82, 2.24) is 9.97 Å². The average Bonchev–Trinajstić information content (AvgIpc) is 2.45. The Labute approximate surface area is 118 Å². The molecule has 0 aromatic carbocycles. The van der Waals surface area contributed by atoms with E-state index >= 15 is 0 Å². The number of thiocarbonyl (C=S) groups is 1. The molecule has 98 valence electrons. The maximum absolute atomic E-state index is 5.53. The molecule has 0 aliphatic carbocycles. The third kappa shape index (κ3) is 3.48. The second kappa shape index (κ2) is 6.24. The van der Waals surface area contributed by atoms with Crippen molar-refractivity contribution < 1.29 is 0 Å². The van der Waals surface area contributed by atoms with E-state index in [1.165, 1.54) is 5.56 Å². The molecule has 0 unspecified atom stereocenters. The van der Waals surface area contributed by atoms with Gasteiger partial charge in [0.2, 0.25) is 0 Å². The van der Waals surface area contributed by atoms with Crippen LogP contribution in [0.15, 0.2) is 36.7 Å². The fraction of sp³-hybridized carbons (Fsp3) is 0.214. The first-order valence-corrected chi connectivity index (χ1v) is 6.54. The van der Waals surface area contributed by atoms with Crippen molar-refractivity contribution in [2.24, 2.45) is 5.73 Å². The first-order chi connectivity index (χ1) is 9.20. The quantitative estimate of drug-likeness (QED) is 0.818. The van der Waals surface area contributed by atoms with Gasteiger partial charge in [0.25, 0.3) is 0 Å². The minimum Gasteiger partial charge on any atom is -0.389 e. The highest BCUT2D eigenvalue weighted by atomic mass is 32.1. The second-order valence-electron chi connectivity index (χ2n) is 4.11. The van der Waals surface area contributed by atoms with Gasteiger partial charge in [0.05, 0.1) is 12.2 Å². The third-order valence-corrected chi connectivity index (χ3v) is 3.09. The van der Waals surface area contributed by atoms with E-state index in [0.717, 1.165) is 23.5 Å². The molecular formula is C14H16N4S. The number of nitrogens with zero attached hydrogens (tertiary/aromatic N) is 2. The summed E-state index contributed by atoms with van der Waals surface area (Å²) >= 11 is 4.89. The van der Waals surface area contributed by atoms with Crippen LogP contribution >= 0.6 is 12.2 Å². The summed E-state index contributed by atoms with van der Waals surface area (Å²) in [7, 11) is 0. The monoisotopic (exact) mass is 272 g/mol. The van der Waals surface area contributed by atoms with Gasteiger partial charge in [-0.05, 0) is 30.2 Å². The Hall–Kier alpha value is -2.01. The van der Waals surface area contributed by atoms with Gasteiger partial charge >= 0.3 is 0 Å². The molecular weight excluding hydrogens is 256 g/mol. The Kier molecular flexibility index (Phi) is 4.41. The van der Waals surface area contributed by atoms with Gasteiger partial charge in [-0.2, -0.15) is 0 Å². The van der Waals surface area contributed by atoms with Gasteiger partial charge in [-0.15, -0.1) is 0 Å². The van der Waals surface area contributed by atoms with Crippen LogP contribution in [0.4, 0.5) is 5.82 Å². The third-order valence-electron chi connectivity index (χ3n) is 2.85. The van der Waals surface area contributed by atoms with Crippen molar-refractivity contribution in [3.05, 3.63) is 53.5 Å². The minimum atomic E-state index is 0.358. The Morgan fingerprint density at radius 3 is 2.79 bits per heavy atom. The highest BCUT2D eigenvalue weighted by Crippen LogP contribution is 2.10. The maximum Gasteiger partial charge on any atom is 0.126 e. The lowest BCUT2D eigenvalue weighted by Gasteiger charge is -2.09. The van der Waals surface area contributed by atoms with Crippen LogP contribution in [0, 0.1) is 0 Å². The molecule has 0 aliphatic rings. The van der Waals surface area contributed by atoms with Crippen molar-refractivity contribution in [3.63, 3.8) is 0 Å². The number of nitrogens with two attached hydrogens (primary N) is 1. The van der Waals surface area contributed by atoms with Crippen LogP contribution in [0.3, 0.4) is 0 Å². The Morgan fingerprint density at radius 1 is 1.32 bits per heavy atom. The van der Waals surface area contributed by atoms with E-state index < -0.39 is 0 Å². The fourth-order valence-corrected chi connectivity index (χ4v) is 1.89. The molecule has 0 atom stereocenters. The highest BCUT2D eigenvalue weighted by molar-refractivity contribution is 7.80. The first kappa shape index (κ1) is 13.4. The van der Waals surface area contributed by atoms with Gasteiger partial charge in [-0.25, -0.2) is 4.98 Å². The fourth-order valence-electron chi connectivity index (χ4n) is 1.77. The van der Waals surface area contributed by atoms with Crippen LogP contribution in [0.5, 0.6) is 0 Å². The maximum atomic E-state index is 5.53. The van der Waals surface area contributed by atoms with Crippen molar-refractivity contribution in [1.29, 1.82) is 0 Å². The molecule has 2 rings (SSSR count). The number of anilines is 1. The molecule has 0 radical (unpaired) electrons. The number of rotatable bonds is 5. The van der Waals surface area contributed by atoms with E-state index in [1.54, 1.807) is 12.4 Å². The summed E-state index contributed by atoms with van der Waals surface area (Å²) in [4.78, 5) is 9.00. The van der Waals surface area contributed by atoms with Crippen molar-refractivity contribution in [2.75, 3.05) is 5.32 Å². The first-order valence-electron chi connectivity index (χ1n) is 6.13. The zero-order chi connectivity index (χ0) is 13.7. The molecule has 0 aliphatic heterocycles. The molecule has 0 fully saturated rings. The zero-order valence-electron chi connectivity index (χ0n) is 10.8. The molecule has 2 aromatic heterocycles. The standard InChI is InChI=1S/C14H16N4S/c1-2-10-4-3-7-16-12(10)9-18-13-6-5-11(8-17-13)14(15)19/h3-8H,2,9H2,1H3,(H2,15,19)(H,17,18). The van der Waals surface area contributed by atoms with Crippen molar-refractivity contribution >= 4 is 23.0 Å². The molecule has 2 heterocycles. The number of pyridine rings is 2. The second-order valence-corrected chi connectivity index (χ2v) is 4.55. The summed E-state index contributed by atoms with van der Waals surface area (Å²) in [6, 6.07) is 7.77. The van der Waals surface area contributed by atoms with Gasteiger partial charge in [0.1, 0.15) is 10.8 Å². The number of aryl methyl sites for hydroxylation is 1. The van der Waals surface area contributed by atoms with E-state index in [1.807, 2.05) is 18.2 Å². The predicted octanol–water partition coefficient (Wildman–Crippen LogP) is 2.29. The van der Waals surface area contributed by atoms with Crippen LogP contribution in [-0.4, -0.2) is 15.0 Å². The largest absolute Gasteiger partial charge is 0.389 e. The number of aromatic nitrogens is 2. The number of nitrogens with one attached hydrogen (secondary N) is 1. The molecule has 0 amide bonds. The highest BCUT2D eigenvalue weighted by Gasteiger charge is 2.02. The Balaban J connectivity index is 2.04. The van der Waals surface area contributed by atoms with Crippen LogP contribution in [0.1, 0.15) is 23.7 Å². The van der Waals surface area contributed by atoms with Gasteiger partial charge in [0, 0.05) is 18.0 Å². The van der Waals surface area contributed by atoms with Gasteiger partial charge in [0.15, 0.2) is 0 Å². The van der Waals surface area contributed by atoms with E-state index in [2.05, 4.69) is 28.3 Å². The summed E-state index contributed by atoms with van der Waals surface area (Å²) in [6.07, 6.45) is 4.45. The van der Waals surface area contributed by atoms with Gasteiger partial charge in [-0.3, -0.25) is 4.98 Å². The van der Waals surface area contributed by atoms with E-state index in [9.17, 15) is 0 Å².